The van der Waals surface area contributed by atoms with Crippen molar-refractivity contribution in [2.75, 3.05) is 6.54 Å². The van der Waals surface area contributed by atoms with Gasteiger partial charge in [-0.2, -0.15) is 0 Å². The van der Waals surface area contributed by atoms with Crippen molar-refractivity contribution in [3.8, 4) is 0 Å². The lowest BCUT2D eigenvalue weighted by atomic mass is 9.83. The SMILES string of the molecule is CCCNC(Cc1ccoc1)CC1CCCCC1. The van der Waals surface area contributed by atoms with E-state index in [4.69, 9.17) is 4.42 Å². The van der Waals surface area contributed by atoms with Crippen molar-refractivity contribution < 1.29 is 4.42 Å². The molecular weight excluding hydrogens is 222 g/mol. The molecule has 0 spiro atoms. The molecule has 0 aliphatic heterocycles. The Kier molecular flexibility index (Phi) is 5.79. The average Bonchev–Trinajstić information content (AvgIpc) is 2.90. The summed E-state index contributed by atoms with van der Waals surface area (Å²) in [4.78, 5) is 0. The molecule has 1 N–H and O–H groups in total. The van der Waals surface area contributed by atoms with Crippen molar-refractivity contribution in [3.63, 3.8) is 0 Å². The van der Waals surface area contributed by atoms with Crippen LogP contribution >= 0.6 is 0 Å². The minimum absolute atomic E-state index is 0.630. The van der Waals surface area contributed by atoms with E-state index in [1.165, 1.54) is 50.5 Å². The lowest BCUT2D eigenvalue weighted by Gasteiger charge is -2.27. The van der Waals surface area contributed by atoms with Crippen LogP contribution < -0.4 is 5.32 Å². The maximum Gasteiger partial charge on any atom is 0.0935 e. The van der Waals surface area contributed by atoms with Crippen LogP contribution in [-0.4, -0.2) is 12.6 Å². The van der Waals surface area contributed by atoms with Crippen molar-refractivity contribution in [2.24, 2.45) is 5.92 Å². The summed E-state index contributed by atoms with van der Waals surface area (Å²) < 4.78 is 5.18. The van der Waals surface area contributed by atoms with Gasteiger partial charge in [0, 0.05) is 6.04 Å². The molecule has 1 aromatic rings. The highest BCUT2D eigenvalue weighted by Gasteiger charge is 2.19. The summed E-state index contributed by atoms with van der Waals surface area (Å²) in [6.07, 6.45) is 14.6. The number of hydrogen-bond acceptors (Lipinski definition) is 2. The molecule has 1 aliphatic carbocycles. The van der Waals surface area contributed by atoms with Gasteiger partial charge in [0.2, 0.25) is 0 Å². The molecular formula is C16H27NO. The molecule has 18 heavy (non-hydrogen) atoms. The first-order valence-electron chi connectivity index (χ1n) is 7.63. The standard InChI is InChI=1S/C16H27NO/c1-2-9-17-16(12-15-8-10-18-13-15)11-14-6-4-3-5-7-14/h8,10,13-14,16-17H,2-7,9,11-12H2,1H3. The van der Waals surface area contributed by atoms with Crippen molar-refractivity contribution in [1.29, 1.82) is 0 Å². The average molecular weight is 249 g/mol. The molecule has 1 saturated carbocycles. The van der Waals surface area contributed by atoms with Gasteiger partial charge >= 0.3 is 0 Å². The quantitative estimate of drug-likeness (QED) is 0.785. The second-order valence-corrected chi connectivity index (χ2v) is 5.73. The van der Waals surface area contributed by atoms with Crippen LogP contribution in [0.4, 0.5) is 0 Å². The topological polar surface area (TPSA) is 25.2 Å². The summed E-state index contributed by atoms with van der Waals surface area (Å²) in [6, 6.07) is 2.73. The normalized spacial score (nSPS) is 18.9. The van der Waals surface area contributed by atoms with Gasteiger partial charge in [-0.05, 0) is 43.4 Å². The monoisotopic (exact) mass is 249 g/mol. The fourth-order valence-corrected chi connectivity index (χ4v) is 3.11. The van der Waals surface area contributed by atoms with E-state index >= 15 is 0 Å². The van der Waals surface area contributed by atoms with Crippen LogP contribution in [-0.2, 0) is 6.42 Å². The zero-order chi connectivity index (χ0) is 12.6. The molecule has 0 radical (unpaired) electrons. The van der Waals surface area contributed by atoms with Crippen LogP contribution in [0.25, 0.3) is 0 Å². The minimum Gasteiger partial charge on any atom is -0.472 e. The number of rotatable bonds is 7. The molecule has 1 fully saturated rings. The Balaban J connectivity index is 1.83. The van der Waals surface area contributed by atoms with Gasteiger partial charge in [0.25, 0.3) is 0 Å². The Labute approximate surface area is 111 Å². The molecule has 0 aromatic carbocycles. The molecule has 0 saturated heterocycles. The van der Waals surface area contributed by atoms with E-state index in [9.17, 15) is 0 Å². The Morgan fingerprint density at radius 2 is 2.17 bits per heavy atom. The Morgan fingerprint density at radius 3 is 2.83 bits per heavy atom. The number of nitrogens with one attached hydrogen (secondary N) is 1. The fourth-order valence-electron chi connectivity index (χ4n) is 3.11. The second kappa shape index (κ2) is 7.63. The van der Waals surface area contributed by atoms with Gasteiger partial charge in [-0.1, -0.05) is 39.0 Å². The summed E-state index contributed by atoms with van der Waals surface area (Å²) in [7, 11) is 0. The first-order valence-corrected chi connectivity index (χ1v) is 7.63. The zero-order valence-corrected chi connectivity index (χ0v) is 11.7. The fraction of sp³-hybridized carbons (Fsp3) is 0.750. The first-order chi connectivity index (χ1) is 8.88. The molecule has 1 heterocycles. The van der Waals surface area contributed by atoms with Gasteiger partial charge in [0.1, 0.15) is 0 Å². The largest absolute Gasteiger partial charge is 0.472 e. The van der Waals surface area contributed by atoms with Gasteiger partial charge in [-0.15, -0.1) is 0 Å². The van der Waals surface area contributed by atoms with E-state index in [1.54, 1.807) is 6.26 Å². The van der Waals surface area contributed by atoms with Gasteiger partial charge in [-0.3, -0.25) is 0 Å². The summed E-state index contributed by atoms with van der Waals surface area (Å²) in [5.74, 6) is 0.944. The number of furan rings is 1. The van der Waals surface area contributed by atoms with Crippen molar-refractivity contribution in [1.82, 2.24) is 5.32 Å². The second-order valence-electron chi connectivity index (χ2n) is 5.73. The zero-order valence-electron chi connectivity index (χ0n) is 11.7. The Bertz CT molecular complexity index is 301. The van der Waals surface area contributed by atoms with Crippen molar-refractivity contribution in [2.45, 2.75) is 64.3 Å². The maximum absolute atomic E-state index is 5.18. The van der Waals surface area contributed by atoms with Crippen LogP contribution in [0.2, 0.25) is 0 Å². The molecule has 1 unspecified atom stereocenters. The maximum atomic E-state index is 5.18. The third kappa shape index (κ3) is 4.49. The molecule has 0 bridgehead atoms. The predicted octanol–water partition coefficient (Wildman–Crippen LogP) is 4.16. The van der Waals surface area contributed by atoms with Gasteiger partial charge in [0.05, 0.1) is 12.5 Å². The molecule has 2 heteroatoms. The minimum atomic E-state index is 0.630. The molecule has 0 amide bonds. The highest BCUT2D eigenvalue weighted by molar-refractivity contribution is 5.07. The van der Waals surface area contributed by atoms with Crippen molar-refractivity contribution >= 4 is 0 Å². The summed E-state index contributed by atoms with van der Waals surface area (Å²) in [5, 5.41) is 3.71. The van der Waals surface area contributed by atoms with E-state index < -0.39 is 0 Å². The highest BCUT2D eigenvalue weighted by Crippen LogP contribution is 2.28. The molecule has 2 nitrogen and oxygen atoms in total. The van der Waals surface area contributed by atoms with E-state index in [0.29, 0.717) is 6.04 Å². The number of hydrogen-bond donors (Lipinski definition) is 1. The smallest absolute Gasteiger partial charge is 0.0935 e. The first kappa shape index (κ1) is 13.7. The van der Waals surface area contributed by atoms with Crippen LogP contribution in [0.3, 0.4) is 0 Å². The van der Waals surface area contributed by atoms with Crippen LogP contribution in [0.1, 0.15) is 57.4 Å². The van der Waals surface area contributed by atoms with E-state index in [2.05, 4.69) is 18.3 Å². The molecule has 1 aromatic heterocycles. The summed E-state index contributed by atoms with van der Waals surface area (Å²) in [6.45, 7) is 3.37. The van der Waals surface area contributed by atoms with Gasteiger partial charge in [-0.25, -0.2) is 0 Å². The summed E-state index contributed by atoms with van der Waals surface area (Å²) >= 11 is 0. The van der Waals surface area contributed by atoms with Gasteiger partial charge < -0.3 is 9.73 Å². The van der Waals surface area contributed by atoms with Crippen LogP contribution in [0.15, 0.2) is 23.0 Å². The highest BCUT2D eigenvalue weighted by atomic mass is 16.3. The van der Waals surface area contributed by atoms with Gasteiger partial charge in [0.15, 0.2) is 0 Å². The summed E-state index contributed by atoms with van der Waals surface area (Å²) in [5.41, 5.74) is 1.33. The predicted molar refractivity (Wildman–Crippen MR) is 75.7 cm³/mol. The Morgan fingerprint density at radius 1 is 1.33 bits per heavy atom. The third-order valence-corrected chi connectivity index (χ3v) is 4.09. The lowest BCUT2D eigenvalue weighted by Crippen LogP contribution is -2.34. The van der Waals surface area contributed by atoms with E-state index in [-0.39, 0.29) is 0 Å². The van der Waals surface area contributed by atoms with E-state index in [1.807, 2.05) is 6.26 Å². The lowest BCUT2D eigenvalue weighted by molar-refractivity contribution is 0.296. The molecule has 102 valence electrons. The molecule has 1 aliphatic rings. The van der Waals surface area contributed by atoms with Crippen molar-refractivity contribution in [3.05, 3.63) is 24.2 Å². The van der Waals surface area contributed by atoms with Crippen LogP contribution in [0, 0.1) is 5.92 Å². The third-order valence-electron chi connectivity index (χ3n) is 4.09. The molecule has 2 rings (SSSR count). The van der Waals surface area contributed by atoms with E-state index in [0.717, 1.165) is 18.9 Å². The Hall–Kier alpha value is -0.760. The molecule has 1 atom stereocenters. The van der Waals surface area contributed by atoms with Crippen LogP contribution in [0.5, 0.6) is 0 Å².